The number of hydrogen-bond acceptors (Lipinski definition) is 3. The Morgan fingerprint density at radius 2 is 1.17 bits per heavy atom. The number of rotatable bonds is 4. The highest BCUT2D eigenvalue weighted by atomic mass is 32.2. The Labute approximate surface area is 282 Å². The molecular formula is C44H27N3S. The lowest BCUT2D eigenvalue weighted by molar-refractivity contribution is 1.16. The second-order valence-electron chi connectivity index (χ2n) is 12.3. The van der Waals surface area contributed by atoms with Gasteiger partial charge in [0.1, 0.15) is 6.33 Å². The summed E-state index contributed by atoms with van der Waals surface area (Å²) in [5.41, 5.74) is 12.5. The predicted octanol–water partition coefficient (Wildman–Crippen LogP) is 11.9. The van der Waals surface area contributed by atoms with Gasteiger partial charge in [-0.3, -0.25) is 0 Å². The lowest BCUT2D eigenvalue weighted by atomic mass is 9.94. The van der Waals surface area contributed by atoms with E-state index in [0.717, 1.165) is 28.2 Å². The van der Waals surface area contributed by atoms with Crippen molar-refractivity contribution in [1.82, 2.24) is 14.5 Å². The van der Waals surface area contributed by atoms with Crippen LogP contribution in [0.5, 0.6) is 0 Å². The maximum atomic E-state index is 4.66. The smallest absolute Gasteiger partial charge is 0.116 e. The van der Waals surface area contributed by atoms with E-state index in [0.29, 0.717) is 0 Å². The van der Waals surface area contributed by atoms with Crippen molar-refractivity contribution in [3.63, 3.8) is 0 Å². The van der Waals surface area contributed by atoms with E-state index in [2.05, 4.69) is 154 Å². The van der Waals surface area contributed by atoms with Crippen LogP contribution in [0.15, 0.2) is 174 Å². The van der Waals surface area contributed by atoms with E-state index in [1.54, 1.807) is 6.33 Å². The van der Waals surface area contributed by atoms with Gasteiger partial charge in [-0.2, -0.15) is 0 Å². The highest BCUT2D eigenvalue weighted by molar-refractivity contribution is 7.99. The van der Waals surface area contributed by atoms with E-state index >= 15 is 0 Å². The molecular weight excluding hydrogens is 603 g/mol. The SMILES string of the molecule is c1ccc(-c2cc(-c3cccc(-n4c5ccccc5c5cc(-c6ccc7c(c6)-c6cccc8cccc(c68)S7)ccc54)c3)ncn2)cc1. The number of hydrogen-bond donors (Lipinski definition) is 0. The predicted molar refractivity (Wildman–Crippen MR) is 200 cm³/mol. The molecule has 4 heteroatoms. The van der Waals surface area contributed by atoms with Crippen LogP contribution in [0.25, 0.3) is 83.0 Å². The Kier molecular flexibility index (Phi) is 6.11. The number of fused-ring (bicyclic) bond motifs is 5. The summed E-state index contributed by atoms with van der Waals surface area (Å²) >= 11 is 1.87. The summed E-state index contributed by atoms with van der Waals surface area (Å²) in [6.45, 7) is 0. The third-order valence-corrected chi connectivity index (χ3v) is 10.6. The number of para-hydroxylation sites is 1. The standard InChI is InChI=1S/C44H27N3S/c1-2-9-28(10-3-1)38-26-39(46-27-45-38)32-13-6-14-33(23-32)47-40-17-5-4-15-34(40)36-24-30(19-21-41(36)47)31-20-22-42-37(25-31)35-16-7-11-29-12-8-18-43(48-42)44(29)35/h1-27H. The Morgan fingerprint density at radius 1 is 0.438 bits per heavy atom. The molecule has 9 aromatic rings. The fourth-order valence-electron chi connectivity index (χ4n) is 7.26. The zero-order valence-corrected chi connectivity index (χ0v) is 26.7. The van der Waals surface area contributed by atoms with Crippen LogP contribution in [0.4, 0.5) is 0 Å². The van der Waals surface area contributed by atoms with E-state index in [9.17, 15) is 0 Å². The molecule has 1 aliphatic heterocycles. The highest BCUT2D eigenvalue weighted by Gasteiger charge is 2.20. The Bertz CT molecular complexity index is 2700. The van der Waals surface area contributed by atoms with E-state index in [4.69, 9.17) is 0 Å². The molecule has 224 valence electrons. The van der Waals surface area contributed by atoms with Gasteiger partial charge in [0.2, 0.25) is 0 Å². The third kappa shape index (κ3) is 4.30. The quantitative estimate of drug-likeness (QED) is 0.194. The molecule has 0 amide bonds. The minimum atomic E-state index is 0.901. The first kappa shape index (κ1) is 27.2. The summed E-state index contributed by atoms with van der Waals surface area (Å²) in [5.74, 6) is 0. The van der Waals surface area contributed by atoms with Crippen molar-refractivity contribution >= 4 is 44.3 Å². The van der Waals surface area contributed by atoms with Crippen LogP contribution >= 0.6 is 11.8 Å². The first-order chi connectivity index (χ1) is 23.8. The minimum Gasteiger partial charge on any atom is -0.309 e. The van der Waals surface area contributed by atoms with Crippen LogP contribution in [0.2, 0.25) is 0 Å². The normalized spacial score (nSPS) is 12.1. The van der Waals surface area contributed by atoms with Gasteiger partial charge in [-0.1, -0.05) is 115 Å². The zero-order chi connectivity index (χ0) is 31.6. The molecule has 1 aliphatic rings. The van der Waals surface area contributed by atoms with Crippen molar-refractivity contribution in [3.8, 4) is 50.5 Å². The molecule has 0 spiro atoms. The average Bonchev–Trinajstić information content (AvgIpc) is 3.49. The van der Waals surface area contributed by atoms with Crippen LogP contribution in [-0.4, -0.2) is 14.5 Å². The number of nitrogens with zero attached hydrogens (tertiary/aromatic N) is 3. The maximum Gasteiger partial charge on any atom is 0.116 e. The second-order valence-corrected chi connectivity index (χ2v) is 13.3. The largest absolute Gasteiger partial charge is 0.309 e. The average molecular weight is 630 g/mol. The van der Waals surface area contributed by atoms with E-state index in [-0.39, 0.29) is 0 Å². The molecule has 0 bridgehead atoms. The molecule has 0 atom stereocenters. The first-order valence-corrected chi connectivity index (χ1v) is 17.0. The van der Waals surface area contributed by atoms with Crippen LogP contribution < -0.4 is 0 Å². The second kappa shape index (κ2) is 10.8. The maximum absolute atomic E-state index is 4.66. The number of benzene rings is 7. The summed E-state index contributed by atoms with van der Waals surface area (Å²) in [6.07, 6.45) is 1.66. The summed E-state index contributed by atoms with van der Waals surface area (Å²) in [5, 5.41) is 5.12. The molecule has 0 saturated carbocycles. The van der Waals surface area contributed by atoms with E-state index in [1.807, 2.05) is 30.0 Å². The lowest BCUT2D eigenvalue weighted by Gasteiger charge is -2.21. The molecule has 10 rings (SSSR count). The molecule has 7 aromatic carbocycles. The Morgan fingerprint density at radius 3 is 2.08 bits per heavy atom. The van der Waals surface area contributed by atoms with Gasteiger partial charge in [0.25, 0.3) is 0 Å². The fourth-order valence-corrected chi connectivity index (χ4v) is 8.39. The monoisotopic (exact) mass is 629 g/mol. The van der Waals surface area contributed by atoms with Crippen molar-refractivity contribution in [2.45, 2.75) is 9.79 Å². The molecule has 0 radical (unpaired) electrons. The topological polar surface area (TPSA) is 30.7 Å². The molecule has 0 N–H and O–H groups in total. The molecule has 3 nitrogen and oxygen atoms in total. The van der Waals surface area contributed by atoms with Gasteiger partial charge in [0, 0.05) is 42.8 Å². The molecule has 0 unspecified atom stereocenters. The lowest BCUT2D eigenvalue weighted by Crippen LogP contribution is -1.95. The summed E-state index contributed by atoms with van der Waals surface area (Å²) in [6, 6.07) is 56.8. The van der Waals surface area contributed by atoms with Gasteiger partial charge in [-0.05, 0) is 82.2 Å². The van der Waals surface area contributed by atoms with Crippen molar-refractivity contribution in [1.29, 1.82) is 0 Å². The summed E-state index contributed by atoms with van der Waals surface area (Å²) in [4.78, 5) is 11.8. The van der Waals surface area contributed by atoms with Crippen LogP contribution in [0.1, 0.15) is 0 Å². The zero-order valence-electron chi connectivity index (χ0n) is 25.8. The third-order valence-electron chi connectivity index (χ3n) is 9.50. The van der Waals surface area contributed by atoms with Gasteiger partial charge < -0.3 is 4.57 Å². The van der Waals surface area contributed by atoms with E-state index < -0.39 is 0 Å². The van der Waals surface area contributed by atoms with Crippen LogP contribution in [0, 0.1) is 0 Å². The van der Waals surface area contributed by atoms with Gasteiger partial charge >= 0.3 is 0 Å². The molecule has 3 heterocycles. The Balaban J connectivity index is 1.09. The van der Waals surface area contributed by atoms with Gasteiger partial charge in [-0.25, -0.2) is 9.97 Å². The Hall–Kier alpha value is -5.97. The van der Waals surface area contributed by atoms with Gasteiger partial charge in [-0.15, -0.1) is 0 Å². The van der Waals surface area contributed by atoms with Gasteiger partial charge in [0.15, 0.2) is 0 Å². The van der Waals surface area contributed by atoms with Crippen molar-refractivity contribution in [2.24, 2.45) is 0 Å². The van der Waals surface area contributed by atoms with Crippen molar-refractivity contribution in [2.75, 3.05) is 0 Å². The molecule has 2 aromatic heterocycles. The minimum absolute atomic E-state index is 0.901. The van der Waals surface area contributed by atoms with Crippen molar-refractivity contribution < 1.29 is 0 Å². The molecule has 0 aliphatic carbocycles. The van der Waals surface area contributed by atoms with Crippen molar-refractivity contribution in [3.05, 3.63) is 164 Å². The highest BCUT2D eigenvalue weighted by Crippen LogP contribution is 2.49. The van der Waals surface area contributed by atoms with Gasteiger partial charge in [0.05, 0.1) is 22.4 Å². The molecule has 0 saturated heterocycles. The number of aromatic nitrogens is 3. The molecule has 48 heavy (non-hydrogen) atoms. The van der Waals surface area contributed by atoms with Crippen LogP contribution in [-0.2, 0) is 0 Å². The first-order valence-electron chi connectivity index (χ1n) is 16.1. The van der Waals surface area contributed by atoms with Crippen LogP contribution in [0.3, 0.4) is 0 Å². The summed E-state index contributed by atoms with van der Waals surface area (Å²) < 4.78 is 2.37. The summed E-state index contributed by atoms with van der Waals surface area (Å²) in [7, 11) is 0. The van der Waals surface area contributed by atoms with E-state index in [1.165, 1.54) is 64.6 Å². The fraction of sp³-hybridized carbons (Fsp3) is 0. The molecule has 0 fully saturated rings.